The van der Waals surface area contributed by atoms with E-state index in [1.807, 2.05) is 0 Å². The first kappa shape index (κ1) is 16.4. The highest BCUT2D eigenvalue weighted by atomic mass is 19.1. The first-order valence-electron chi connectivity index (χ1n) is 7.58. The minimum Gasteiger partial charge on any atom is -0.396 e. The van der Waals surface area contributed by atoms with Gasteiger partial charge >= 0.3 is 0 Å². The van der Waals surface area contributed by atoms with Crippen LogP contribution in [0.1, 0.15) is 26.2 Å². The molecule has 4 nitrogen and oxygen atoms in total. The van der Waals surface area contributed by atoms with Crippen LogP contribution in [0.5, 0.6) is 0 Å². The number of piperidine rings is 1. The topological polar surface area (TPSA) is 58.7 Å². The molecule has 118 valence electrons. The molecule has 1 aromatic rings. The summed E-state index contributed by atoms with van der Waals surface area (Å²) in [5.74, 6) is -0.376. The van der Waals surface area contributed by atoms with Gasteiger partial charge in [-0.25, -0.2) is 4.39 Å². The van der Waals surface area contributed by atoms with Crippen molar-refractivity contribution in [2.24, 2.45) is 10.7 Å². The highest BCUT2D eigenvalue weighted by Crippen LogP contribution is 2.13. The van der Waals surface area contributed by atoms with Crippen LogP contribution < -0.4 is 5.73 Å². The zero-order valence-electron chi connectivity index (χ0n) is 12.9. The summed E-state index contributed by atoms with van der Waals surface area (Å²) in [7, 11) is 0. The van der Waals surface area contributed by atoms with E-state index in [9.17, 15) is 9.18 Å². The molecule has 0 saturated carbocycles. The number of rotatable bonds is 5. The lowest BCUT2D eigenvalue weighted by Gasteiger charge is -2.25. The third-order valence-corrected chi connectivity index (χ3v) is 3.63. The van der Waals surface area contributed by atoms with E-state index in [2.05, 4.69) is 9.89 Å². The van der Waals surface area contributed by atoms with Crippen LogP contribution in [0.3, 0.4) is 0 Å². The first-order chi connectivity index (χ1) is 10.5. The standard InChI is InChI=1S/C17H22FN3O/c1-13(20-15-7-5-14(18)6-8-15)11-16(19)17(22)12-21-9-3-2-4-10-21/h5-8,11H,2-4,9-10,12,19H2,1H3/b16-11-,20-13?. The monoisotopic (exact) mass is 303 g/mol. The summed E-state index contributed by atoms with van der Waals surface area (Å²) in [5, 5.41) is 0. The summed E-state index contributed by atoms with van der Waals surface area (Å²) in [5.41, 5.74) is 7.33. The number of ketones is 1. The van der Waals surface area contributed by atoms with E-state index >= 15 is 0 Å². The van der Waals surface area contributed by atoms with E-state index in [-0.39, 0.29) is 17.3 Å². The summed E-state index contributed by atoms with van der Waals surface area (Å²) < 4.78 is 12.8. The number of carbonyl (C=O) groups is 1. The summed E-state index contributed by atoms with van der Waals surface area (Å²) in [4.78, 5) is 18.5. The smallest absolute Gasteiger partial charge is 0.192 e. The largest absolute Gasteiger partial charge is 0.396 e. The summed E-state index contributed by atoms with van der Waals surface area (Å²) in [6.07, 6.45) is 5.10. The van der Waals surface area contributed by atoms with Crippen molar-refractivity contribution in [3.63, 3.8) is 0 Å². The molecule has 1 fully saturated rings. The van der Waals surface area contributed by atoms with E-state index in [0.717, 1.165) is 25.9 Å². The second-order valence-corrected chi connectivity index (χ2v) is 5.59. The van der Waals surface area contributed by atoms with E-state index in [1.165, 1.54) is 18.6 Å². The molecule has 2 rings (SSSR count). The van der Waals surface area contributed by atoms with Gasteiger partial charge in [-0.1, -0.05) is 6.42 Å². The predicted octanol–water partition coefficient (Wildman–Crippen LogP) is 2.82. The van der Waals surface area contributed by atoms with Gasteiger partial charge in [0, 0.05) is 5.71 Å². The van der Waals surface area contributed by atoms with Gasteiger partial charge in [-0.05, 0) is 63.2 Å². The molecule has 1 aliphatic rings. The highest BCUT2D eigenvalue weighted by molar-refractivity contribution is 6.04. The van der Waals surface area contributed by atoms with Crippen LogP contribution in [0.25, 0.3) is 0 Å². The summed E-state index contributed by atoms with van der Waals surface area (Å²) in [6, 6.07) is 5.86. The zero-order valence-corrected chi connectivity index (χ0v) is 12.9. The molecule has 0 amide bonds. The van der Waals surface area contributed by atoms with Gasteiger partial charge in [0.05, 0.1) is 17.9 Å². The minimum atomic E-state index is -0.302. The third-order valence-electron chi connectivity index (χ3n) is 3.63. The predicted molar refractivity (Wildman–Crippen MR) is 86.7 cm³/mol. The van der Waals surface area contributed by atoms with Crippen molar-refractivity contribution < 1.29 is 9.18 Å². The number of allylic oxidation sites excluding steroid dienone is 1. The van der Waals surface area contributed by atoms with Crippen LogP contribution in [-0.4, -0.2) is 36.0 Å². The Kier molecular flexibility index (Phi) is 5.83. The van der Waals surface area contributed by atoms with Crippen LogP contribution in [-0.2, 0) is 4.79 Å². The SMILES string of the molecule is CC(/C=C(\N)C(=O)CN1CCCCC1)=Nc1ccc(F)cc1. The van der Waals surface area contributed by atoms with E-state index < -0.39 is 0 Å². The van der Waals surface area contributed by atoms with Crippen molar-refractivity contribution in [3.05, 3.63) is 41.9 Å². The molecule has 0 spiro atoms. The Balaban J connectivity index is 1.97. The molecule has 0 radical (unpaired) electrons. The van der Waals surface area contributed by atoms with Crippen LogP contribution in [0.4, 0.5) is 10.1 Å². The van der Waals surface area contributed by atoms with Gasteiger partial charge in [-0.2, -0.15) is 0 Å². The number of Topliss-reactive ketones (excluding diaryl/α,β-unsaturated/α-hetero) is 1. The van der Waals surface area contributed by atoms with Gasteiger partial charge in [0.25, 0.3) is 0 Å². The molecule has 2 N–H and O–H groups in total. The lowest BCUT2D eigenvalue weighted by atomic mass is 10.1. The second-order valence-electron chi connectivity index (χ2n) is 5.59. The maximum atomic E-state index is 12.8. The lowest BCUT2D eigenvalue weighted by Crippen LogP contribution is -2.36. The number of halogens is 1. The van der Waals surface area contributed by atoms with Crippen molar-refractivity contribution in [1.82, 2.24) is 4.90 Å². The van der Waals surface area contributed by atoms with Crippen LogP contribution in [0.2, 0.25) is 0 Å². The molecular formula is C17H22FN3O. The molecule has 0 atom stereocenters. The Morgan fingerprint density at radius 2 is 1.91 bits per heavy atom. The number of hydrogen-bond donors (Lipinski definition) is 1. The molecule has 0 aliphatic carbocycles. The maximum Gasteiger partial charge on any atom is 0.192 e. The first-order valence-corrected chi connectivity index (χ1v) is 7.58. The summed E-state index contributed by atoms with van der Waals surface area (Å²) >= 11 is 0. The number of hydrogen-bond acceptors (Lipinski definition) is 4. The Hall–Kier alpha value is -2.01. The number of aliphatic imine (C=N–C) groups is 1. The van der Waals surface area contributed by atoms with Crippen LogP contribution in [0.15, 0.2) is 41.0 Å². The Morgan fingerprint density at radius 3 is 2.55 bits per heavy atom. The normalized spacial score (nSPS) is 17.5. The Bertz CT molecular complexity index is 572. The Morgan fingerprint density at radius 1 is 1.27 bits per heavy atom. The molecule has 1 saturated heterocycles. The number of nitrogens with zero attached hydrogens (tertiary/aromatic N) is 2. The number of carbonyl (C=O) groups excluding carboxylic acids is 1. The van der Waals surface area contributed by atoms with Gasteiger partial charge < -0.3 is 5.73 Å². The van der Waals surface area contributed by atoms with Crippen LogP contribution >= 0.6 is 0 Å². The Labute approximate surface area is 130 Å². The average molecular weight is 303 g/mol. The van der Waals surface area contributed by atoms with Crippen molar-refractivity contribution in [2.75, 3.05) is 19.6 Å². The van der Waals surface area contributed by atoms with Gasteiger partial charge in [0.15, 0.2) is 5.78 Å². The molecular weight excluding hydrogens is 281 g/mol. The molecule has 5 heteroatoms. The van der Waals surface area contributed by atoms with Gasteiger partial charge in [0.2, 0.25) is 0 Å². The number of likely N-dealkylation sites (tertiary alicyclic amines) is 1. The molecule has 1 heterocycles. The molecule has 0 bridgehead atoms. The fourth-order valence-corrected chi connectivity index (χ4v) is 2.47. The van der Waals surface area contributed by atoms with E-state index in [1.54, 1.807) is 25.1 Å². The van der Waals surface area contributed by atoms with E-state index in [4.69, 9.17) is 5.73 Å². The van der Waals surface area contributed by atoms with Crippen molar-refractivity contribution in [1.29, 1.82) is 0 Å². The quantitative estimate of drug-likeness (QED) is 0.672. The average Bonchev–Trinajstić information content (AvgIpc) is 2.50. The van der Waals surface area contributed by atoms with Crippen molar-refractivity contribution in [3.8, 4) is 0 Å². The molecule has 0 unspecified atom stereocenters. The molecule has 22 heavy (non-hydrogen) atoms. The second kappa shape index (κ2) is 7.84. The highest BCUT2D eigenvalue weighted by Gasteiger charge is 2.15. The minimum absolute atomic E-state index is 0.0736. The third kappa shape index (κ3) is 5.07. The lowest BCUT2D eigenvalue weighted by molar-refractivity contribution is -0.116. The van der Waals surface area contributed by atoms with Crippen LogP contribution in [0, 0.1) is 5.82 Å². The zero-order chi connectivity index (χ0) is 15.9. The summed E-state index contributed by atoms with van der Waals surface area (Å²) in [6.45, 7) is 4.06. The number of nitrogens with two attached hydrogens (primary N) is 1. The number of benzene rings is 1. The van der Waals surface area contributed by atoms with E-state index in [0.29, 0.717) is 17.9 Å². The molecule has 0 aromatic heterocycles. The van der Waals surface area contributed by atoms with Crippen molar-refractivity contribution in [2.45, 2.75) is 26.2 Å². The molecule has 1 aliphatic heterocycles. The maximum absolute atomic E-state index is 12.8. The fourth-order valence-electron chi connectivity index (χ4n) is 2.47. The van der Waals surface area contributed by atoms with Gasteiger partial charge in [-0.3, -0.25) is 14.7 Å². The van der Waals surface area contributed by atoms with Gasteiger partial charge in [-0.15, -0.1) is 0 Å². The fraction of sp³-hybridized carbons (Fsp3) is 0.412. The van der Waals surface area contributed by atoms with Gasteiger partial charge in [0.1, 0.15) is 5.82 Å². The molecule has 1 aromatic carbocycles. The van der Waals surface area contributed by atoms with Crippen molar-refractivity contribution >= 4 is 17.2 Å².